The fourth-order valence-electron chi connectivity index (χ4n) is 1.22. The van der Waals surface area contributed by atoms with Crippen molar-refractivity contribution >= 4 is 5.84 Å². The number of benzene rings is 1. The van der Waals surface area contributed by atoms with Crippen molar-refractivity contribution in [3.63, 3.8) is 0 Å². The van der Waals surface area contributed by atoms with Crippen LogP contribution in [-0.4, -0.2) is 5.84 Å². The van der Waals surface area contributed by atoms with Gasteiger partial charge in [0.1, 0.15) is 5.84 Å². The highest BCUT2D eigenvalue weighted by Crippen LogP contribution is 2.09. The molecule has 0 aliphatic heterocycles. The molecule has 0 atom stereocenters. The molecule has 2 nitrogen and oxygen atoms in total. The van der Waals surface area contributed by atoms with E-state index in [9.17, 15) is 0 Å². The smallest absolute Gasteiger partial charge is 0.122 e. The molecular weight excluding hydrogens is 148 g/mol. The number of hydrogen-bond acceptors (Lipinski definition) is 1. The van der Waals surface area contributed by atoms with Crippen molar-refractivity contribution in [1.82, 2.24) is 0 Å². The summed E-state index contributed by atoms with van der Waals surface area (Å²) < 4.78 is 0. The van der Waals surface area contributed by atoms with E-state index in [0.717, 1.165) is 12.0 Å². The Morgan fingerprint density at radius 3 is 2.58 bits per heavy atom. The molecule has 2 heteroatoms. The lowest BCUT2D eigenvalue weighted by atomic mass is 10.0. The Kier molecular flexibility index (Phi) is 2.48. The van der Waals surface area contributed by atoms with Gasteiger partial charge in [-0.2, -0.15) is 0 Å². The van der Waals surface area contributed by atoms with Crippen LogP contribution in [0.3, 0.4) is 0 Å². The molecule has 12 heavy (non-hydrogen) atoms. The van der Waals surface area contributed by atoms with Crippen molar-refractivity contribution in [3.8, 4) is 0 Å². The average molecular weight is 162 g/mol. The lowest BCUT2D eigenvalue weighted by Crippen LogP contribution is -2.11. The number of nitrogen functional groups attached to an aromatic ring is 1. The van der Waals surface area contributed by atoms with Crippen LogP contribution in [0.15, 0.2) is 18.2 Å². The highest BCUT2D eigenvalue weighted by Gasteiger charge is 1.98. The molecule has 1 aromatic rings. The average Bonchev–Trinajstić information content (AvgIpc) is 2.03. The molecule has 3 N–H and O–H groups in total. The largest absolute Gasteiger partial charge is 0.384 e. The van der Waals surface area contributed by atoms with Crippen molar-refractivity contribution in [1.29, 1.82) is 5.41 Å². The number of rotatable bonds is 2. The van der Waals surface area contributed by atoms with E-state index in [2.05, 4.69) is 13.0 Å². The minimum absolute atomic E-state index is 0.147. The summed E-state index contributed by atoms with van der Waals surface area (Å²) in [5.41, 5.74) is 8.62. The molecule has 1 aromatic carbocycles. The Balaban J connectivity index is 3.15. The van der Waals surface area contributed by atoms with E-state index in [1.54, 1.807) is 0 Å². The number of aryl methyl sites for hydroxylation is 2. The Hall–Kier alpha value is -1.31. The van der Waals surface area contributed by atoms with Gasteiger partial charge in [0.15, 0.2) is 0 Å². The predicted molar refractivity (Wildman–Crippen MR) is 51.6 cm³/mol. The van der Waals surface area contributed by atoms with Gasteiger partial charge in [-0.15, -0.1) is 0 Å². The molecule has 0 aliphatic rings. The van der Waals surface area contributed by atoms with Gasteiger partial charge < -0.3 is 5.73 Å². The summed E-state index contributed by atoms with van der Waals surface area (Å²) in [5, 5.41) is 7.28. The van der Waals surface area contributed by atoms with Crippen LogP contribution in [0.5, 0.6) is 0 Å². The number of hydrogen-bond donors (Lipinski definition) is 2. The van der Waals surface area contributed by atoms with Crippen LogP contribution in [0.1, 0.15) is 23.6 Å². The molecule has 0 amide bonds. The highest BCUT2D eigenvalue weighted by atomic mass is 14.7. The summed E-state index contributed by atoms with van der Waals surface area (Å²) in [6.07, 6.45) is 0.988. The van der Waals surface area contributed by atoms with Crippen LogP contribution in [0, 0.1) is 12.3 Å². The molecule has 0 aliphatic carbocycles. The van der Waals surface area contributed by atoms with Gasteiger partial charge in [-0.05, 0) is 31.0 Å². The Labute approximate surface area is 72.9 Å². The zero-order chi connectivity index (χ0) is 9.14. The lowest BCUT2D eigenvalue weighted by molar-refractivity contribution is 1.13. The van der Waals surface area contributed by atoms with Crippen molar-refractivity contribution in [2.75, 3.05) is 0 Å². The van der Waals surface area contributed by atoms with Gasteiger partial charge in [-0.25, -0.2) is 0 Å². The van der Waals surface area contributed by atoms with Crippen LogP contribution in [-0.2, 0) is 6.42 Å². The van der Waals surface area contributed by atoms with E-state index in [0.29, 0.717) is 0 Å². The first-order valence-corrected chi connectivity index (χ1v) is 4.08. The number of nitrogens with one attached hydrogen (secondary N) is 1. The molecule has 1 rings (SSSR count). The number of nitrogens with two attached hydrogens (primary N) is 1. The molecular formula is C10H14N2. The zero-order valence-electron chi connectivity index (χ0n) is 7.52. The van der Waals surface area contributed by atoms with Gasteiger partial charge in [0.05, 0.1) is 0 Å². The monoisotopic (exact) mass is 162 g/mol. The summed E-state index contributed by atoms with van der Waals surface area (Å²) in [6, 6.07) is 6.02. The van der Waals surface area contributed by atoms with Crippen LogP contribution in [0.2, 0.25) is 0 Å². The Morgan fingerprint density at radius 1 is 1.42 bits per heavy atom. The molecule has 0 fully saturated rings. The Bertz CT molecular complexity index is 303. The van der Waals surface area contributed by atoms with Crippen LogP contribution in [0.4, 0.5) is 0 Å². The standard InChI is InChI=1S/C10H14N2/c1-3-8-4-7(2)5-9(6-8)10(11)12/h4-6H,3H2,1-2H3,(H3,11,12). The fourth-order valence-corrected chi connectivity index (χ4v) is 1.22. The number of amidine groups is 1. The first-order valence-electron chi connectivity index (χ1n) is 4.08. The van der Waals surface area contributed by atoms with E-state index in [1.807, 2.05) is 19.1 Å². The topological polar surface area (TPSA) is 49.9 Å². The van der Waals surface area contributed by atoms with Gasteiger partial charge in [0, 0.05) is 5.56 Å². The van der Waals surface area contributed by atoms with Crippen LogP contribution >= 0.6 is 0 Å². The minimum Gasteiger partial charge on any atom is -0.384 e. The molecule has 0 aromatic heterocycles. The lowest BCUT2D eigenvalue weighted by Gasteiger charge is -2.03. The summed E-state index contributed by atoms with van der Waals surface area (Å²) in [7, 11) is 0. The van der Waals surface area contributed by atoms with Crippen molar-refractivity contribution in [3.05, 3.63) is 34.9 Å². The van der Waals surface area contributed by atoms with Gasteiger partial charge in [-0.1, -0.05) is 18.6 Å². The second-order valence-corrected chi connectivity index (χ2v) is 2.97. The maximum atomic E-state index is 7.28. The second-order valence-electron chi connectivity index (χ2n) is 2.97. The highest BCUT2D eigenvalue weighted by molar-refractivity contribution is 5.95. The quantitative estimate of drug-likeness (QED) is 0.506. The maximum absolute atomic E-state index is 7.28. The van der Waals surface area contributed by atoms with E-state index >= 15 is 0 Å². The minimum atomic E-state index is 0.147. The SMILES string of the molecule is CCc1cc(C)cc(C(=N)N)c1. The fraction of sp³-hybridized carbons (Fsp3) is 0.300. The Morgan fingerprint density at radius 2 is 2.08 bits per heavy atom. The third kappa shape index (κ3) is 1.84. The van der Waals surface area contributed by atoms with Crippen molar-refractivity contribution < 1.29 is 0 Å². The molecule has 0 radical (unpaired) electrons. The molecule has 0 unspecified atom stereocenters. The predicted octanol–water partition coefficient (Wildman–Crippen LogP) is 1.84. The van der Waals surface area contributed by atoms with E-state index < -0.39 is 0 Å². The molecule has 0 heterocycles. The van der Waals surface area contributed by atoms with Gasteiger partial charge >= 0.3 is 0 Å². The molecule has 0 saturated heterocycles. The second kappa shape index (κ2) is 3.39. The molecule has 64 valence electrons. The zero-order valence-corrected chi connectivity index (χ0v) is 7.52. The van der Waals surface area contributed by atoms with Gasteiger partial charge in [0.2, 0.25) is 0 Å². The third-order valence-corrected chi connectivity index (χ3v) is 1.86. The summed E-state index contributed by atoms with van der Waals surface area (Å²) in [4.78, 5) is 0. The third-order valence-electron chi connectivity index (χ3n) is 1.86. The van der Waals surface area contributed by atoms with Gasteiger partial charge in [0.25, 0.3) is 0 Å². The van der Waals surface area contributed by atoms with Gasteiger partial charge in [-0.3, -0.25) is 5.41 Å². The van der Waals surface area contributed by atoms with E-state index in [1.165, 1.54) is 11.1 Å². The van der Waals surface area contributed by atoms with Crippen LogP contribution in [0.25, 0.3) is 0 Å². The summed E-state index contributed by atoms with van der Waals surface area (Å²) in [5.74, 6) is 0.147. The van der Waals surface area contributed by atoms with Crippen LogP contribution < -0.4 is 5.73 Å². The van der Waals surface area contributed by atoms with E-state index in [4.69, 9.17) is 11.1 Å². The summed E-state index contributed by atoms with van der Waals surface area (Å²) >= 11 is 0. The first-order chi connectivity index (χ1) is 5.63. The first kappa shape index (κ1) is 8.78. The molecule has 0 bridgehead atoms. The van der Waals surface area contributed by atoms with Crippen molar-refractivity contribution in [2.45, 2.75) is 20.3 Å². The van der Waals surface area contributed by atoms with E-state index in [-0.39, 0.29) is 5.84 Å². The van der Waals surface area contributed by atoms with Crippen molar-refractivity contribution in [2.24, 2.45) is 5.73 Å². The molecule has 0 saturated carbocycles. The normalized spacial score (nSPS) is 9.83. The maximum Gasteiger partial charge on any atom is 0.122 e. The molecule has 0 spiro atoms. The summed E-state index contributed by atoms with van der Waals surface area (Å²) in [6.45, 7) is 4.12.